The molecule has 6 heteroatoms. The van der Waals surface area contributed by atoms with Crippen molar-refractivity contribution in [3.8, 4) is 0 Å². The maximum Gasteiger partial charge on any atom is 0.206 e. The molecule has 1 fully saturated rings. The summed E-state index contributed by atoms with van der Waals surface area (Å²) in [5.41, 5.74) is 2.40. The molecule has 0 aromatic heterocycles. The van der Waals surface area contributed by atoms with E-state index in [2.05, 4.69) is 16.7 Å². The number of hydrogen-bond acceptors (Lipinski definition) is 4. The maximum absolute atomic E-state index is 12.9. The van der Waals surface area contributed by atoms with E-state index in [0.29, 0.717) is 15.8 Å². The number of benzene rings is 2. The molecular formula is C22H29ClN2O2S. The third-order valence-electron chi connectivity index (χ3n) is 5.88. The zero-order chi connectivity index (χ0) is 18.9. The number of nitrogens with zero attached hydrogens (tertiary/aromatic N) is 2. The van der Waals surface area contributed by atoms with Gasteiger partial charge in [0.2, 0.25) is 9.84 Å². The molecule has 0 spiro atoms. The van der Waals surface area contributed by atoms with Gasteiger partial charge >= 0.3 is 0 Å². The Morgan fingerprint density at radius 1 is 0.964 bits per heavy atom. The second-order valence-electron chi connectivity index (χ2n) is 7.62. The fourth-order valence-corrected chi connectivity index (χ4v) is 5.79. The Bertz CT molecular complexity index is 894. The monoisotopic (exact) mass is 420 g/mol. The van der Waals surface area contributed by atoms with Crippen LogP contribution in [0.5, 0.6) is 0 Å². The molecule has 2 heterocycles. The topological polar surface area (TPSA) is 40.6 Å². The quantitative estimate of drug-likeness (QED) is 0.727. The van der Waals surface area contributed by atoms with Crippen molar-refractivity contribution in [1.82, 2.24) is 4.90 Å². The molecule has 4 nitrogen and oxygen atoms in total. The molecule has 0 N–H and O–H groups in total. The Labute approximate surface area is 174 Å². The number of sulfone groups is 1. The zero-order valence-corrected chi connectivity index (χ0v) is 18.0. The standard InChI is InChI=1S/C22H28N2O2S.ClH/c1-2-13-23-14-11-19(12-15-23)24-16-10-18-17-21(8-9-22(18)24)27(25,26)20-6-4-3-5-7-20;/h3-9,17,19H,2,10-16H2,1H3;1H. The summed E-state index contributed by atoms with van der Waals surface area (Å²) < 4.78 is 25.8. The third-order valence-corrected chi connectivity index (χ3v) is 7.65. The maximum atomic E-state index is 12.9. The van der Waals surface area contributed by atoms with Crippen LogP contribution in [-0.4, -0.2) is 45.5 Å². The predicted molar refractivity (Wildman–Crippen MR) is 116 cm³/mol. The number of piperidine rings is 1. The summed E-state index contributed by atoms with van der Waals surface area (Å²) in [6.45, 7) is 6.78. The van der Waals surface area contributed by atoms with Crippen LogP contribution in [0.25, 0.3) is 0 Å². The summed E-state index contributed by atoms with van der Waals surface area (Å²) in [7, 11) is -3.44. The minimum Gasteiger partial charge on any atom is -0.368 e. The summed E-state index contributed by atoms with van der Waals surface area (Å²) in [6.07, 6.45) is 4.55. The highest BCUT2D eigenvalue weighted by atomic mass is 35.5. The number of rotatable bonds is 5. The minimum absolute atomic E-state index is 0. The van der Waals surface area contributed by atoms with E-state index in [0.717, 1.165) is 13.0 Å². The average Bonchev–Trinajstić information content (AvgIpc) is 3.13. The van der Waals surface area contributed by atoms with Crippen LogP contribution in [0.3, 0.4) is 0 Å². The second kappa shape index (κ2) is 8.85. The van der Waals surface area contributed by atoms with Crippen LogP contribution >= 0.6 is 12.4 Å². The summed E-state index contributed by atoms with van der Waals surface area (Å²) in [6, 6.07) is 15.0. The minimum atomic E-state index is -3.44. The van der Waals surface area contributed by atoms with Crippen LogP contribution in [0.1, 0.15) is 31.7 Å². The molecule has 152 valence electrons. The van der Waals surface area contributed by atoms with Crippen LogP contribution in [-0.2, 0) is 16.3 Å². The molecule has 4 rings (SSSR count). The van der Waals surface area contributed by atoms with Gasteiger partial charge in [0, 0.05) is 31.4 Å². The Balaban J connectivity index is 0.00000225. The van der Waals surface area contributed by atoms with Crippen LogP contribution in [0.4, 0.5) is 5.69 Å². The Kier molecular flexibility index (Phi) is 6.69. The van der Waals surface area contributed by atoms with E-state index >= 15 is 0 Å². The van der Waals surface area contributed by atoms with Gasteiger partial charge in [-0.3, -0.25) is 0 Å². The molecule has 0 atom stereocenters. The van der Waals surface area contributed by atoms with Gasteiger partial charge in [-0.15, -0.1) is 12.4 Å². The van der Waals surface area contributed by atoms with E-state index in [1.807, 2.05) is 18.2 Å². The molecule has 0 radical (unpaired) electrons. The molecule has 1 saturated heterocycles. The van der Waals surface area contributed by atoms with E-state index in [4.69, 9.17) is 0 Å². The molecule has 2 aliphatic heterocycles. The fourth-order valence-electron chi connectivity index (χ4n) is 4.46. The van der Waals surface area contributed by atoms with Gasteiger partial charge in [0.1, 0.15) is 0 Å². The van der Waals surface area contributed by atoms with Crippen molar-refractivity contribution in [2.45, 2.75) is 48.4 Å². The zero-order valence-electron chi connectivity index (χ0n) is 16.4. The van der Waals surface area contributed by atoms with Gasteiger partial charge in [0.05, 0.1) is 9.79 Å². The number of hydrogen-bond donors (Lipinski definition) is 0. The van der Waals surface area contributed by atoms with Gasteiger partial charge in [0.15, 0.2) is 0 Å². The summed E-state index contributed by atoms with van der Waals surface area (Å²) in [5.74, 6) is 0. The predicted octanol–water partition coefficient (Wildman–Crippen LogP) is 4.18. The van der Waals surface area contributed by atoms with E-state index in [1.165, 1.54) is 50.1 Å². The lowest BCUT2D eigenvalue weighted by molar-refractivity contribution is 0.210. The SMILES string of the molecule is CCCN1CCC(N2CCc3cc(S(=O)(=O)c4ccccc4)ccc32)CC1.Cl. The van der Waals surface area contributed by atoms with Crippen molar-refractivity contribution in [1.29, 1.82) is 0 Å². The van der Waals surface area contributed by atoms with E-state index < -0.39 is 9.84 Å². The molecule has 0 saturated carbocycles. The van der Waals surface area contributed by atoms with Gasteiger partial charge in [0.25, 0.3) is 0 Å². The number of anilines is 1. The van der Waals surface area contributed by atoms with E-state index in [9.17, 15) is 8.42 Å². The van der Waals surface area contributed by atoms with Crippen LogP contribution in [0.2, 0.25) is 0 Å². The van der Waals surface area contributed by atoms with Crippen molar-refractivity contribution in [3.63, 3.8) is 0 Å². The van der Waals surface area contributed by atoms with Crippen LogP contribution < -0.4 is 4.90 Å². The Morgan fingerprint density at radius 3 is 2.36 bits per heavy atom. The molecule has 0 unspecified atom stereocenters. The van der Waals surface area contributed by atoms with Gasteiger partial charge in [-0.1, -0.05) is 25.1 Å². The van der Waals surface area contributed by atoms with Crippen molar-refractivity contribution in [3.05, 3.63) is 54.1 Å². The van der Waals surface area contributed by atoms with Crippen molar-refractivity contribution in [2.24, 2.45) is 0 Å². The lowest BCUT2D eigenvalue weighted by Gasteiger charge is -2.38. The molecule has 0 bridgehead atoms. The summed E-state index contributed by atoms with van der Waals surface area (Å²) >= 11 is 0. The van der Waals surface area contributed by atoms with E-state index in [1.54, 1.807) is 30.3 Å². The molecule has 0 amide bonds. The Hall–Kier alpha value is -1.56. The molecule has 28 heavy (non-hydrogen) atoms. The normalized spacial score (nSPS) is 18.0. The number of halogens is 1. The smallest absolute Gasteiger partial charge is 0.206 e. The second-order valence-corrected chi connectivity index (χ2v) is 9.57. The number of fused-ring (bicyclic) bond motifs is 1. The first-order valence-electron chi connectivity index (χ1n) is 10.0. The highest BCUT2D eigenvalue weighted by molar-refractivity contribution is 7.91. The largest absolute Gasteiger partial charge is 0.368 e. The first-order valence-corrected chi connectivity index (χ1v) is 11.5. The van der Waals surface area contributed by atoms with Crippen molar-refractivity contribution >= 4 is 27.9 Å². The third kappa shape index (κ3) is 4.07. The van der Waals surface area contributed by atoms with Gasteiger partial charge < -0.3 is 9.80 Å². The van der Waals surface area contributed by atoms with Gasteiger partial charge in [-0.05, 0) is 68.1 Å². The highest BCUT2D eigenvalue weighted by Gasteiger charge is 2.30. The van der Waals surface area contributed by atoms with Gasteiger partial charge in [-0.2, -0.15) is 0 Å². The average molecular weight is 421 g/mol. The lowest BCUT2D eigenvalue weighted by Crippen LogP contribution is -2.44. The van der Waals surface area contributed by atoms with Crippen molar-refractivity contribution < 1.29 is 8.42 Å². The molecular weight excluding hydrogens is 392 g/mol. The summed E-state index contributed by atoms with van der Waals surface area (Å²) in [5, 5.41) is 0. The number of likely N-dealkylation sites (tertiary alicyclic amines) is 1. The van der Waals surface area contributed by atoms with Gasteiger partial charge in [-0.25, -0.2) is 8.42 Å². The molecule has 0 aliphatic carbocycles. The fraction of sp³-hybridized carbons (Fsp3) is 0.455. The first-order chi connectivity index (χ1) is 13.1. The highest BCUT2D eigenvalue weighted by Crippen LogP contribution is 2.35. The molecule has 2 aliphatic rings. The first kappa shape index (κ1) is 21.2. The molecule has 2 aromatic rings. The van der Waals surface area contributed by atoms with Crippen molar-refractivity contribution in [2.75, 3.05) is 31.1 Å². The van der Waals surface area contributed by atoms with Crippen LogP contribution in [0, 0.1) is 0 Å². The van der Waals surface area contributed by atoms with Crippen LogP contribution in [0.15, 0.2) is 58.3 Å². The lowest BCUT2D eigenvalue weighted by atomic mass is 10.0. The summed E-state index contributed by atoms with van der Waals surface area (Å²) in [4.78, 5) is 5.84. The van der Waals surface area contributed by atoms with E-state index in [-0.39, 0.29) is 12.4 Å². The molecule has 2 aromatic carbocycles. The Morgan fingerprint density at radius 2 is 1.68 bits per heavy atom.